The molecule has 1 aliphatic rings. The van der Waals surface area contributed by atoms with Crippen molar-refractivity contribution in [3.63, 3.8) is 0 Å². The maximum absolute atomic E-state index is 11.7. The molecule has 112 valence electrons. The molecule has 3 atom stereocenters. The zero-order valence-corrected chi connectivity index (χ0v) is 11.5. The minimum atomic E-state index is -0.878. The number of furan rings is 1. The lowest BCUT2D eigenvalue weighted by Crippen LogP contribution is -2.48. The summed E-state index contributed by atoms with van der Waals surface area (Å²) in [5.41, 5.74) is 0. The van der Waals surface area contributed by atoms with Crippen molar-refractivity contribution in [2.45, 2.75) is 32.0 Å². The summed E-state index contributed by atoms with van der Waals surface area (Å²) in [6, 6.07) is 3.72. The van der Waals surface area contributed by atoms with E-state index in [2.05, 4.69) is 5.32 Å². The Morgan fingerprint density at radius 1 is 1.40 bits per heavy atom. The zero-order valence-electron chi connectivity index (χ0n) is 11.5. The van der Waals surface area contributed by atoms with Crippen molar-refractivity contribution in [3.05, 3.63) is 23.7 Å². The predicted octanol–water partition coefficient (Wildman–Crippen LogP) is 0.00502. The van der Waals surface area contributed by atoms with Crippen molar-refractivity contribution in [1.29, 1.82) is 0 Å². The molecule has 1 saturated heterocycles. The molecule has 6 nitrogen and oxygen atoms in total. The maximum atomic E-state index is 11.7. The second kappa shape index (κ2) is 6.88. The number of nitrogens with one attached hydrogen (secondary N) is 1. The second-order valence-electron chi connectivity index (χ2n) is 5.17. The third-order valence-corrected chi connectivity index (χ3v) is 3.45. The van der Waals surface area contributed by atoms with Crippen LogP contribution in [0.2, 0.25) is 0 Å². The first-order valence-electron chi connectivity index (χ1n) is 6.82. The van der Waals surface area contributed by atoms with E-state index in [-0.39, 0.29) is 18.4 Å². The first-order valence-corrected chi connectivity index (χ1v) is 6.82. The molecule has 2 rings (SSSR count). The van der Waals surface area contributed by atoms with Crippen molar-refractivity contribution in [1.82, 2.24) is 5.32 Å². The molecule has 0 radical (unpaired) electrons. The Morgan fingerprint density at radius 3 is 2.90 bits per heavy atom. The highest BCUT2D eigenvalue weighted by Gasteiger charge is 2.31. The topological polar surface area (TPSA) is 91.9 Å². The Kier molecular flexibility index (Phi) is 5.17. The predicted molar refractivity (Wildman–Crippen MR) is 71.1 cm³/mol. The van der Waals surface area contributed by atoms with Gasteiger partial charge in [0.15, 0.2) is 0 Å². The summed E-state index contributed by atoms with van der Waals surface area (Å²) in [4.78, 5) is 11.7. The van der Waals surface area contributed by atoms with Crippen molar-refractivity contribution in [3.8, 4) is 0 Å². The Hall–Kier alpha value is -1.37. The second-order valence-corrected chi connectivity index (χ2v) is 5.17. The number of carbonyl (C=O) groups is 1. The van der Waals surface area contributed by atoms with Gasteiger partial charge in [-0.2, -0.15) is 0 Å². The van der Waals surface area contributed by atoms with Gasteiger partial charge >= 0.3 is 0 Å². The van der Waals surface area contributed by atoms with E-state index in [1.165, 1.54) is 0 Å². The molecule has 6 heteroatoms. The summed E-state index contributed by atoms with van der Waals surface area (Å²) in [7, 11) is 0. The van der Waals surface area contributed by atoms with E-state index in [4.69, 9.17) is 9.15 Å². The highest BCUT2D eigenvalue weighted by Crippen LogP contribution is 2.14. The molecule has 1 aromatic rings. The largest absolute Gasteiger partial charge is 0.466 e. The smallest absolute Gasteiger partial charge is 0.220 e. The minimum absolute atomic E-state index is 0.105. The van der Waals surface area contributed by atoms with Gasteiger partial charge < -0.3 is 24.7 Å². The first-order chi connectivity index (χ1) is 9.56. The van der Waals surface area contributed by atoms with Gasteiger partial charge in [0.2, 0.25) is 5.91 Å². The van der Waals surface area contributed by atoms with E-state index in [0.717, 1.165) is 11.5 Å². The minimum Gasteiger partial charge on any atom is -0.466 e. The molecule has 0 spiro atoms. The standard InChI is InChI=1S/C14H21NO5/c1-9-2-3-11(20-9)4-5-13(17)15-6-10-7-19-8-12(16)14(10)18/h2-3,10,12,14,16,18H,4-8H2,1H3,(H,15,17)/t10-,12-,14+/m1/s1. The number of rotatable bonds is 5. The van der Waals surface area contributed by atoms with Crippen LogP contribution in [0.25, 0.3) is 0 Å². The van der Waals surface area contributed by atoms with Crippen molar-refractivity contribution in [2.24, 2.45) is 5.92 Å². The van der Waals surface area contributed by atoms with Crippen LogP contribution in [-0.2, 0) is 16.0 Å². The van der Waals surface area contributed by atoms with E-state index >= 15 is 0 Å². The van der Waals surface area contributed by atoms with Gasteiger partial charge in [0.05, 0.1) is 19.3 Å². The van der Waals surface area contributed by atoms with E-state index in [1.54, 1.807) is 0 Å². The van der Waals surface area contributed by atoms with Gasteiger partial charge in [-0.1, -0.05) is 0 Å². The fourth-order valence-corrected chi connectivity index (χ4v) is 2.22. The molecule has 1 aromatic heterocycles. The van der Waals surface area contributed by atoms with Gasteiger partial charge in [-0.15, -0.1) is 0 Å². The molecule has 20 heavy (non-hydrogen) atoms. The van der Waals surface area contributed by atoms with Gasteiger partial charge in [0.25, 0.3) is 0 Å². The van der Waals surface area contributed by atoms with Crippen LogP contribution < -0.4 is 5.32 Å². The number of aliphatic hydroxyl groups excluding tert-OH is 2. The maximum Gasteiger partial charge on any atom is 0.220 e. The van der Waals surface area contributed by atoms with Gasteiger partial charge in [-0.05, 0) is 19.1 Å². The van der Waals surface area contributed by atoms with Crippen LogP contribution in [0.15, 0.2) is 16.5 Å². The summed E-state index contributed by atoms with van der Waals surface area (Å²) in [6.45, 7) is 2.65. The number of hydrogen-bond acceptors (Lipinski definition) is 5. The summed E-state index contributed by atoms with van der Waals surface area (Å²) in [5, 5.41) is 22.0. The molecule has 1 amide bonds. The van der Waals surface area contributed by atoms with Crippen LogP contribution >= 0.6 is 0 Å². The average Bonchev–Trinajstić information content (AvgIpc) is 2.84. The van der Waals surface area contributed by atoms with E-state index in [1.807, 2.05) is 19.1 Å². The molecule has 2 heterocycles. The number of carbonyl (C=O) groups excluding carboxylic acids is 1. The SMILES string of the molecule is Cc1ccc(CCC(=O)NC[C@@H]2COC[C@@H](O)[C@H]2O)o1. The Morgan fingerprint density at radius 2 is 2.20 bits per heavy atom. The molecule has 0 bridgehead atoms. The highest BCUT2D eigenvalue weighted by atomic mass is 16.5. The third kappa shape index (κ3) is 4.06. The van der Waals surface area contributed by atoms with Crippen LogP contribution in [0.4, 0.5) is 0 Å². The number of aliphatic hydroxyl groups is 2. The quantitative estimate of drug-likeness (QED) is 0.708. The van der Waals surface area contributed by atoms with Gasteiger partial charge in [-0.25, -0.2) is 0 Å². The molecule has 0 aromatic carbocycles. The first kappa shape index (κ1) is 15.0. The van der Waals surface area contributed by atoms with Crippen molar-refractivity contribution >= 4 is 5.91 Å². The van der Waals surface area contributed by atoms with E-state index in [0.29, 0.717) is 26.0 Å². The van der Waals surface area contributed by atoms with Crippen molar-refractivity contribution < 1.29 is 24.2 Å². The monoisotopic (exact) mass is 283 g/mol. The third-order valence-electron chi connectivity index (χ3n) is 3.45. The van der Waals surface area contributed by atoms with Gasteiger partial charge in [0.1, 0.15) is 17.6 Å². The molecular weight excluding hydrogens is 262 g/mol. The normalized spacial score (nSPS) is 26.4. The number of amides is 1. The van der Waals surface area contributed by atoms with Crippen LogP contribution in [-0.4, -0.2) is 48.1 Å². The summed E-state index contributed by atoms with van der Waals surface area (Å²) in [5.74, 6) is 1.24. The fraction of sp³-hybridized carbons (Fsp3) is 0.643. The van der Waals surface area contributed by atoms with Gasteiger partial charge in [-0.3, -0.25) is 4.79 Å². The summed E-state index contributed by atoms with van der Waals surface area (Å²) in [6.07, 6.45) is -0.848. The lowest BCUT2D eigenvalue weighted by atomic mass is 9.96. The molecule has 0 unspecified atom stereocenters. The molecule has 0 saturated carbocycles. The zero-order chi connectivity index (χ0) is 14.5. The summed E-state index contributed by atoms with van der Waals surface area (Å²) < 4.78 is 10.5. The van der Waals surface area contributed by atoms with Crippen LogP contribution in [0.3, 0.4) is 0 Å². The van der Waals surface area contributed by atoms with Crippen LogP contribution in [0.5, 0.6) is 0 Å². The van der Waals surface area contributed by atoms with Crippen molar-refractivity contribution in [2.75, 3.05) is 19.8 Å². The Labute approximate surface area is 117 Å². The number of ether oxygens (including phenoxy) is 1. The van der Waals surface area contributed by atoms with E-state index < -0.39 is 12.2 Å². The molecule has 3 N–H and O–H groups in total. The Bertz CT molecular complexity index is 445. The Balaban J connectivity index is 1.69. The molecule has 1 aliphatic heterocycles. The fourth-order valence-electron chi connectivity index (χ4n) is 2.22. The number of aryl methyl sites for hydroxylation is 2. The molecule has 1 fully saturated rings. The average molecular weight is 283 g/mol. The summed E-state index contributed by atoms with van der Waals surface area (Å²) >= 11 is 0. The highest BCUT2D eigenvalue weighted by molar-refractivity contribution is 5.76. The lowest BCUT2D eigenvalue weighted by molar-refractivity contribution is -0.128. The lowest BCUT2D eigenvalue weighted by Gasteiger charge is -2.31. The van der Waals surface area contributed by atoms with Gasteiger partial charge in [0, 0.05) is 25.3 Å². The number of hydrogen-bond donors (Lipinski definition) is 3. The van der Waals surface area contributed by atoms with Crippen LogP contribution in [0.1, 0.15) is 17.9 Å². The molecular formula is C14H21NO5. The van der Waals surface area contributed by atoms with E-state index in [9.17, 15) is 15.0 Å². The molecule has 0 aliphatic carbocycles. The van der Waals surface area contributed by atoms with Crippen LogP contribution in [0, 0.1) is 12.8 Å².